The first kappa shape index (κ1) is 11.9. The van der Waals surface area contributed by atoms with E-state index in [0.717, 1.165) is 25.9 Å². The number of likely N-dealkylation sites (tertiary alicyclic amines) is 1. The van der Waals surface area contributed by atoms with Crippen molar-refractivity contribution in [1.29, 1.82) is 0 Å². The highest BCUT2D eigenvalue weighted by Gasteiger charge is 2.50. The number of hydrogen-bond acceptors (Lipinski definition) is 4. The summed E-state index contributed by atoms with van der Waals surface area (Å²) >= 11 is 0. The van der Waals surface area contributed by atoms with Gasteiger partial charge < -0.3 is 15.4 Å². The van der Waals surface area contributed by atoms with E-state index in [1.165, 1.54) is 12.8 Å². The maximum atomic E-state index is 12.0. The number of carbonyl (C=O) groups excluding carboxylic acids is 1. The van der Waals surface area contributed by atoms with E-state index in [2.05, 4.69) is 4.90 Å². The molecule has 92 valence electrons. The maximum absolute atomic E-state index is 12.0. The zero-order chi connectivity index (χ0) is 11.6. The minimum absolute atomic E-state index is 0.204. The molecule has 2 aliphatic rings. The van der Waals surface area contributed by atoms with Crippen molar-refractivity contribution in [1.82, 2.24) is 4.90 Å². The van der Waals surface area contributed by atoms with Gasteiger partial charge in [-0.1, -0.05) is 0 Å². The molecule has 0 aromatic heterocycles. The van der Waals surface area contributed by atoms with Crippen LogP contribution in [0.2, 0.25) is 0 Å². The highest BCUT2D eigenvalue weighted by atomic mass is 16.5. The molecule has 4 nitrogen and oxygen atoms in total. The first-order valence-corrected chi connectivity index (χ1v) is 6.35. The largest absolute Gasteiger partial charge is 0.465 e. The number of nitrogens with zero attached hydrogens (tertiary/aromatic N) is 1. The summed E-state index contributed by atoms with van der Waals surface area (Å²) in [5, 5.41) is 0. The highest BCUT2D eigenvalue weighted by Crippen LogP contribution is 2.39. The highest BCUT2D eigenvalue weighted by molar-refractivity contribution is 5.82. The smallest absolute Gasteiger partial charge is 0.327 e. The zero-order valence-electron chi connectivity index (χ0n) is 10.1. The van der Waals surface area contributed by atoms with Gasteiger partial charge in [0.2, 0.25) is 0 Å². The van der Waals surface area contributed by atoms with Gasteiger partial charge in [-0.2, -0.15) is 0 Å². The lowest BCUT2D eigenvalue weighted by molar-refractivity contribution is -0.151. The van der Waals surface area contributed by atoms with E-state index in [1.54, 1.807) is 0 Å². The molecule has 4 heteroatoms. The zero-order valence-corrected chi connectivity index (χ0v) is 10.1. The molecule has 0 radical (unpaired) electrons. The van der Waals surface area contributed by atoms with E-state index in [1.807, 2.05) is 6.92 Å². The Morgan fingerprint density at radius 3 is 2.56 bits per heavy atom. The molecule has 1 saturated heterocycles. The number of ether oxygens (including phenoxy) is 1. The summed E-state index contributed by atoms with van der Waals surface area (Å²) in [6.45, 7) is 5.08. The molecule has 1 unspecified atom stereocenters. The number of hydrogen-bond donors (Lipinski definition) is 1. The van der Waals surface area contributed by atoms with E-state index in [-0.39, 0.29) is 5.97 Å². The Kier molecular flexibility index (Phi) is 3.50. The van der Waals surface area contributed by atoms with Gasteiger partial charge in [-0.15, -0.1) is 0 Å². The molecular weight excluding hydrogens is 204 g/mol. The van der Waals surface area contributed by atoms with E-state index >= 15 is 0 Å². The van der Waals surface area contributed by atoms with Crippen LogP contribution in [0.25, 0.3) is 0 Å². The van der Waals surface area contributed by atoms with Crippen molar-refractivity contribution in [3.8, 4) is 0 Å². The molecule has 0 amide bonds. The number of nitrogens with two attached hydrogens (primary N) is 1. The molecule has 0 aromatic rings. The van der Waals surface area contributed by atoms with Crippen molar-refractivity contribution in [2.45, 2.75) is 38.1 Å². The SMILES string of the molecule is CCOC(=O)C(N)(CN1CCCC1)C1CC1. The summed E-state index contributed by atoms with van der Waals surface area (Å²) < 4.78 is 5.13. The third kappa shape index (κ3) is 2.38. The third-order valence-electron chi connectivity index (χ3n) is 3.65. The van der Waals surface area contributed by atoms with Crippen molar-refractivity contribution in [2.75, 3.05) is 26.2 Å². The van der Waals surface area contributed by atoms with Gasteiger partial charge in [0.25, 0.3) is 0 Å². The predicted octanol–water partition coefficient (Wildman–Crippen LogP) is 0.753. The monoisotopic (exact) mass is 226 g/mol. The fraction of sp³-hybridized carbons (Fsp3) is 0.917. The summed E-state index contributed by atoms with van der Waals surface area (Å²) in [7, 11) is 0. The van der Waals surface area contributed by atoms with E-state index in [0.29, 0.717) is 19.1 Å². The van der Waals surface area contributed by atoms with Crippen LogP contribution in [0.4, 0.5) is 0 Å². The van der Waals surface area contributed by atoms with Crippen LogP contribution in [0, 0.1) is 5.92 Å². The van der Waals surface area contributed by atoms with Gasteiger partial charge in [0, 0.05) is 6.54 Å². The molecule has 0 aromatic carbocycles. The van der Waals surface area contributed by atoms with Crippen molar-refractivity contribution in [3.63, 3.8) is 0 Å². The van der Waals surface area contributed by atoms with Crippen molar-refractivity contribution in [3.05, 3.63) is 0 Å². The summed E-state index contributed by atoms with van der Waals surface area (Å²) in [6, 6.07) is 0. The fourth-order valence-electron chi connectivity index (χ4n) is 2.53. The molecule has 16 heavy (non-hydrogen) atoms. The standard InChI is InChI=1S/C12H22N2O2/c1-2-16-11(15)12(13,10-5-6-10)9-14-7-3-4-8-14/h10H,2-9,13H2,1H3. The molecule has 0 bridgehead atoms. The molecule has 2 rings (SSSR count). The Morgan fingerprint density at radius 2 is 2.06 bits per heavy atom. The lowest BCUT2D eigenvalue weighted by Gasteiger charge is -2.31. The van der Waals surface area contributed by atoms with E-state index in [4.69, 9.17) is 10.5 Å². The van der Waals surface area contributed by atoms with Gasteiger partial charge in [-0.25, -0.2) is 4.79 Å². The second-order valence-electron chi connectivity index (χ2n) is 5.02. The summed E-state index contributed by atoms with van der Waals surface area (Å²) in [5.74, 6) is 0.136. The Morgan fingerprint density at radius 1 is 1.44 bits per heavy atom. The lowest BCUT2D eigenvalue weighted by atomic mass is 9.94. The normalized spacial score (nSPS) is 25.4. The molecule has 1 heterocycles. The molecule has 0 spiro atoms. The average Bonchev–Trinajstić information content (AvgIpc) is 3.00. The number of carbonyl (C=O) groups is 1. The Labute approximate surface area is 97.1 Å². The molecular formula is C12H22N2O2. The molecule has 2 N–H and O–H groups in total. The van der Waals surface area contributed by atoms with Crippen molar-refractivity contribution in [2.24, 2.45) is 11.7 Å². The Hall–Kier alpha value is -0.610. The maximum Gasteiger partial charge on any atom is 0.327 e. The van der Waals surface area contributed by atoms with Gasteiger partial charge in [0.15, 0.2) is 0 Å². The second kappa shape index (κ2) is 4.72. The average molecular weight is 226 g/mol. The van der Waals surface area contributed by atoms with E-state index in [9.17, 15) is 4.79 Å². The van der Waals surface area contributed by atoms with Crippen molar-refractivity contribution < 1.29 is 9.53 Å². The van der Waals surface area contributed by atoms with Crippen LogP contribution < -0.4 is 5.73 Å². The number of esters is 1. The van der Waals surface area contributed by atoms with Crippen LogP contribution in [0.5, 0.6) is 0 Å². The minimum Gasteiger partial charge on any atom is -0.465 e. The molecule has 1 atom stereocenters. The van der Waals surface area contributed by atoms with Crippen LogP contribution in [0.1, 0.15) is 32.6 Å². The van der Waals surface area contributed by atoms with Gasteiger partial charge in [-0.05, 0) is 51.6 Å². The lowest BCUT2D eigenvalue weighted by Crippen LogP contribution is -2.58. The first-order valence-electron chi connectivity index (χ1n) is 6.35. The van der Waals surface area contributed by atoms with Gasteiger partial charge in [-0.3, -0.25) is 0 Å². The van der Waals surface area contributed by atoms with Crippen LogP contribution in [-0.4, -0.2) is 42.6 Å². The van der Waals surface area contributed by atoms with Crippen LogP contribution in [0.3, 0.4) is 0 Å². The minimum atomic E-state index is -0.750. The van der Waals surface area contributed by atoms with Gasteiger partial charge in [0.1, 0.15) is 5.54 Å². The topological polar surface area (TPSA) is 55.6 Å². The van der Waals surface area contributed by atoms with Gasteiger partial charge in [0.05, 0.1) is 6.61 Å². The second-order valence-corrected chi connectivity index (χ2v) is 5.02. The Bertz CT molecular complexity index is 260. The fourth-order valence-corrected chi connectivity index (χ4v) is 2.53. The third-order valence-corrected chi connectivity index (χ3v) is 3.65. The predicted molar refractivity (Wildman–Crippen MR) is 61.9 cm³/mol. The van der Waals surface area contributed by atoms with Crippen LogP contribution >= 0.6 is 0 Å². The summed E-state index contributed by atoms with van der Waals surface area (Å²) in [5.41, 5.74) is 5.55. The van der Waals surface area contributed by atoms with Crippen molar-refractivity contribution >= 4 is 5.97 Å². The Balaban J connectivity index is 1.99. The summed E-state index contributed by atoms with van der Waals surface area (Å²) in [4.78, 5) is 14.3. The van der Waals surface area contributed by atoms with E-state index < -0.39 is 5.54 Å². The molecule has 2 fully saturated rings. The first-order chi connectivity index (χ1) is 7.66. The quantitative estimate of drug-likeness (QED) is 0.703. The summed E-state index contributed by atoms with van der Waals surface area (Å²) in [6.07, 6.45) is 4.60. The van der Waals surface area contributed by atoms with Crippen LogP contribution in [-0.2, 0) is 9.53 Å². The molecule has 1 aliphatic heterocycles. The van der Waals surface area contributed by atoms with Crippen LogP contribution in [0.15, 0.2) is 0 Å². The number of rotatable bonds is 5. The molecule has 1 saturated carbocycles. The van der Waals surface area contributed by atoms with Gasteiger partial charge >= 0.3 is 5.97 Å². The molecule has 1 aliphatic carbocycles.